The molecule has 0 aromatic heterocycles. The molecule has 128 valence electrons. The van der Waals surface area contributed by atoms with E-state index in [1.165, 1.54) is 7.11 Å². The molecule has 0 aliphatic carbocycles. The van der Waals surface area contributed by atoms with Gasteiger partial charge >= 0.3 is 5.97 Å². The summed E-state index contributed by atoms with van der Waals surface area (Å²) in [6.45, 7) is -0.0479. The Morgan fingerprint density at radius 1 is 1.21 bits per heavy atom. The molecule has 0 aliphatic rings. The number of carboxylic acids is 1. The first-order chi connectivity index (χ1) is 11.3. The first-order valence-corrected chi connectivity index (χ1v) is 8.84. The summed E-state index contributed by atoms with van der Waals surface area (Å²) in [6, 6.07) is 8.91. The summed E-state index contributed by atoms with van der Waals surface area (Å²) >= 11 is 11.7. The number of nitrogens with one attached hydrogen (secondary N) is 1. The lowest BCUT2D eigenvalue weighted by Crippen LogP contribution is -2.24. The summed E-state index contributed by atoms with van der Waals surface area (Å²) in [5.41, 5.74) is 0.269. The molecule has 6 nitrogen and oxygen atoms in total. The Kier molecular flexibility index (Phi) is 5.71. The summed E-state index contributed by atoms with van der Waals surface area (Å²) in [5.74, 6) is -0.827. The van der Waals surface area contributed by atoms with E-state index in [0.29, 0.717) is 11.3 Å². The molecule has 0 unspecified atom stereocenters. The maximum atomic E-state index is 12.4. The van der Waals surface area contributed by atoms with Gasteiger partial charge in [0.25, 0.3) is 0 Å². The van der Waals surface area contributed by atoms with Gasteiger partial charge in [0.05, 0.1) is 22.7 Å². The zero-order valence-electron chi connectivity index (χ0n) is 12.4. The number of carboxylic acid groups (broad SMARTS) is 1. The van der Waals surface area contributed by atoms with Gasteiger partial charge < -0.3 is 9.84 Å². The van der Waals surface area contributed by atoms with Crippen molar-refractivity contribution in [2.24, 2.45) is 0 Å². The molecule has 9 heteroatoms. The number of rotatable bonds is 6. The number of hydrogen-bond acceptors (Lipinski definition) is 4. The van der Waals surface area contributed by atoms with Gasteiger partial charge in [-0.25, -0.2) is 17.9 Å². The van der Waals surface area contributed by atoms with Crippen molar-refractivity contribution < 1.29 is 23.1 Å². The molecule has 0 amide bonds. The Labute approximate surface area is 149 Å². The van der Waals surface area contributed by atoms with Crippen molar-refractivity contribution in [3.63, 3.8) is 0 Å². The normalized spacial score (nSPS) is 11.3. The highest BCUT2D eigenvalue weighted by Crippen LogP contribution is 2.29. The molecule has 24 heavy (non-hydrogen) atoms. The minimum Gasteiger partial charge on any atom is -0.496 e. The average Bonchev–Trinajstić information content (AvgIpc) is 2.52. The standard InChI is InChI=1S/C15H13Cl2NO5S/c1-23-13-5-3-2-4-9(13)8-18-24(21,22)14-6-10(15(19)20)11(16)7-12(14)17/h2-7,18H,8H2,1H3,(H,19,20). The second-order valence-corrected chi connectivity index (χ2v) is 7.25. The van der Waals surface area contributed by atoms with Crippen molar-refractivity contribution in [2.45, 2.75) is 11.4 Å². The van der Waals surface area contributed by atoms with Gasteiger partial charge in [-0.2, -0.15) is 0 Å². The molecule has 2 aromatic carbocycles. The third kappa shape index (κ3) is 3.99. The molecule has 0 atom stereocenters. The van der Waals surface area contributed by atoms with E-state index in [9.17, 15) is 13.2 Å². The minimum atomic E-state index is -4.05. The molecule has 0 bridgehead atoms. The molecule has 2 rings (SSSR count). The highest BCUT2D eigenvalue weighted by molar-refractivity contribution is 7.89. The van der Waals surface area contributed by atoms with Gasteiger partial charge in [-0.3, -0.25) is 0 Å². The van der Waals surface area contributed by atoms with Crippen LogP contribution in [0.15, 0.2) is 41.3 Å². The summed E-state index contributed by atoms with van der Waals surface area (Å²) in [4.78, 5) is 10.8. The van der Waals surface area contributed by atoms with Crippen LogP contribution >= 0.6 is 23.2 Å². The number of methoxy groups -OCH3 is 1. The number of carbonyl (C=O) groups is 1. The van der Waals surface area contributed by atoms with E-state index >= 15 is 0 Å². The monoisotopic (exact) mass is 389 g/mol. The number of aromatic carboxylic acids is 1. The predicted molar refractivity (Wildman–Crippen MR) is 90.4 cm³/mol. The number of hydrogen-bond donors (Lipinski definition) is 2. The van der Waals surface area contributed by atoms with E-state index < -0.39 is 16.0 Å². The zero-order chi connectivity index (χ0) is 17.9. The fraction of sp³-hybridized carbons (Fsp3) is 0.133. The van der Waals surface area contributed by atoms with Gasteiger partial charge in [0, 0.05) is 12.1 Å². The summed E-state index contributed by atoms with van der Waals surface area (Å²) in [6.07, 6.45) is 0. The molecule has 0 aliphatic heterocycles. The molecule has 0 heterocycles. The fourth-order valence-corrected chi connectivity index (χ4v) is 3.86. The fourth-order valence-electron chi connectivity index (χ4n) is 2.00. The number of para-hydroxylation sites is 1. The maximum absolute atomic E-state index is 12.4. The van der Waals surface area contributed by atoms with Crippen LogP contribution in [0.1, 0.15) is 15.9 Å². The number of sulfonamides is 1. The number of benzene rings is 2. The summed E-state index contributed by atoms with van der Waals surface area (Å²) < 4.78 is 32.4. The quantitative estimate of drug-likeness (QED) is 0.791. The van der Waals surface area contributed by atoms with Crippen molar-refractivity contribution in [3.8, 4) is 5.75 Å². The van der Waals surface area contributed by atoms with E-state index in [1.54, 1.807) is 24.3 Å². The lowest BCUT2D eigenvalue weighted by molar-refractivity contribution is 0.0697. The van der Waals surface area contributed by atoms with Crippen LogP contribution in [-0.2, 0) is 16.6 Å². The van der Waals surface area contributed by atoms with Crippen molar-refractivity contribution in [1.82, 2.24) is 4.72 Å². The third-order valence-electron chi connectivity index (χ3n) is 3.19. The van der Waals surface area contributed by atoms with E-state index in [-0.39, 0.29) is 27.0 Å². The van der Waals surface area contributed by atoms with Gasteiger partial charge in [0.15, 0.2) is 0 Å². The van der Waals surface area contributed by atoms with Gasteiger partial charge in [-0.05, 0) is 18.2 Å². The smallest absolute Gasteiger partial charge is 0.337 e. The van der Waals surface area contributed by atoms with Crippen LogP contribution in [-0.4, -0.2) is 26.6 Å². The van der Waals surface area contributed by atoms with Crippen LogP contribution in [0.5, 0.6) is 5.75 Å². The molecule has 0 saturated carbocycles. The molecule has 0 fully saturated rings. The highest BCUT2D eigenvalue weighted by Gasteiger charge is 2.22. The lowest BCUT2D eigenvalue weighted by atomic mass is 10.2. The van der Waals surface area contributed by atoms with Crippen molar-refractivity contribution in [1.29, 1.82) is 0 Å². The second-order valence-electron chi connectivity index (χ2n) is 4.70. The first-order valence-electron chi connectivity index (χ1n) is 6.60. The van der Waals surface area contributed by atoms with Gasteiger partial charge in [-0.15, -0.1) is 0 Å². The lowest BCUT2D eigenvalue weighted by Gasteiger charge is -2.12. The van der Waals surface area contributed by atoms with Crippen LogP contribution in [0.2, 0.25) is 10.0 Å². The summed E-state index contributed by atoms with van der Waals surface area (Å²) in [7, 11) is -2.57. The topological polar surface area (TPSA) is 92.7 Å². The maximum Gasteiger partial charge on any atom is 0.337 e. The van der Waals surface area contributed by atoms with E-state index in [2.05, 4.69) is 4.72 Å². The Bertz CT molecular complexity index is 883. The minimum absolute atomic E-state index is 0.0479. The Balaban J connectivity index is 2.34. The van der Waals surface area contributed by atoms with Crippen molar-refractivity contribution in [2.75, 3.05) is 7.11 Å². The zero-order valence-corrected chi connectivity index (χ0v) is 14.7. The molecule has 2 aromatic rings. The van der Waals surface area contributed by atoms with Crippen molar-refractivity contribution >= 4 is 39.2 Å². The van der Waals surface area contributed by atoms with Gasteiger partial charge in [0.1, 0.15) is 10.6 Å². The molecule has 0 radical (unpaired) electrons. The Hall–Kier alpha value is -1.80. The highest BCUT2D eigenvalue weighted by atomic mass is 35.5. The van der Waals surface area contributed by atoms with Crippen LogP contribution in [0.4, 0.5) is 0 Å². The van der Waals surface area contributed by atoms with E-state index in [1.807, 2.05) is 0 Å². The van der Waals surface area contributed by atoms with Crippen LogP contribution in [0.25, 0.3) is 0 Å². The molecule has 2 N–H and O–H groups in total. The van der Waals surface area contributed by atoms with Crippen LogP contribution in [0.3, 0.4) is 0 Å². The SMILES string of the molecule is COc1ccccc1CNS(=O)(=O)c1cc(C(=O)O)c(Cl)cc1Cl. The number of ether oxygens (including phenoxy) is 1. The Morgan fingerprint density at radius 2 is 1.88 bits per heavy atom. The largest absolute Gasteiger partial charge is 0.496 e. The summed E-state index contributed by atoms with van der Waals surface area (Å²) in [5, 5.41) is 8.75. The van der Waals surface area contributed by atoms with Gasteiger partial charge in [-0.1, -0.05) is 41.4 Å². The van der Waals surface area contributed by atoms with Gasteiger partial charge in [0.2, 0.25) is 10.0 Å². The average molecular weight is 390 g/mol. The molecular weight excluding hydrogens is 377 g/mol. The van der Waals surface area contributed by atoms with Crippen molar-refractivity contribution in [3.05, 3.63) is 57.6 Å². The first kappa shape index (κ1) is 18.5. The molecule has 0 saturated heterocycles. The third-order valence-corrected chi connectivity index (χ3v) is 5.37. The molecule has 0 spiro atoms. The second kappa shape index (κ2) is 7.40. The predicted octanol–water partition coefficient (Wildman–Crippen LogP) is 3.18. The van der Waals surface area contributed by atoms with Crippen LogP contribution in [0, 0.1) is 0 Å². The molecular formula is C15H13Cl2NO5S. The van der Waals surface area contributed by atoms with E-state index in [4.69, 9.17) is 33.0 Å². The van der Waals surface area contributed by atoms with E-state index in [0.717, 1.165) is 12.1 Å². The Morgan fingerprint density at radius 3 is 2.50 bits per heavy atom. The van der Waals surface area contributed by atoms with Crippen LogP contribution < -0.4 is 9.46 Å². The number of halogens is 2.